The molecule has 0 amide bonds. The normalized spacial score (nSPS) is 12.1. The van der Waals surface area contributed by atoms with E-state index in [4.69, 9.17) is 21.3 Å². The van der Waals surface area contributed by atoms with E-state index in [2.05, 4.69) is 53.0 Å². The highest BCUT2D eigenvalue weighted by atomic mass is 32.2. The van der Waals surface area contributed by atoms with Gasteiger partial charge in [0.25, 0.3) is 0 Å². The fourth-order valence-corrected chi connectivity index (χ4v) is 1.91. The van der Waals surface area contributed by atoms with Crippen LogP contribution in [0.1, 0.15) is 60.8 Å². The number of nitrogens with zero attached hydrogens (tertiary/aromatic N) is 2. The van der Waals surface area contributed by atoms with Gasteiger partial charge in [-0.2, -0.15) is 35.8 Å². The average molecular weight is 343 g/mol. The second-order valence-corrected chi connectivity index (χ2v) is 7.96. The minimum atomic E-state index is -0.108. The van der Waals surface area contributed by atoms with Crippen molar-refractivity contribution in [2.24, 2.45) is 11.8 Å². The van der Waals surface area contributed by atoms with Crippen LogP contribution < -0.4 is 0 Å². The van der Waals surface area contributed by atoms with Crippen molar-refractivity contribution in [1.29, 1.82) is 21.3 Å². The Bertz CT molecular complexity index is 400. The monoisotopic (exact) mass is 342 g/mol. The molecule has 0 radical (unpaired) electrons. The smallest absolute Gasteiger partial charge is 0.114 e. The molecular weight excluding hydrogens is 312 g/mol. The molecule has 0 aliphatic carbocycles. The molecule has 0 saturated carbocycles. The first-order valence-corrected chi connectivity index (χ1v) is 8.11. The predicted molar refractivity (Wildman–Crippen MR) is 102 cm³/mol. The zero-order chi connectivity index (χ0) is 18.3. The van der Waals surface area contributed by atoms with E-state index in [0.717, 1.165) is 18.3 Å². The number of thiol groups is 2. The van der Waals surface area contributed by atoms with E-state index in [1.807, 2.05) is 6.07 Å². The summed E-state index contributed by atoms with van der Waals surface area (Å²) >= 11 is 8.78. The van der Waals surface area contributed by atoms with Gasteiger partial charge >= 0.3 is 0 Å². The summed E-state index contributed by atoms with van der Waals surface area (Å²) in [7, 11) is 0. The lowest BCUT2D eigenvalue weighted by molar-refractivity contribution is 0.350. The molecule has 0 fully saturated rings. The van der Waals surface area contributed by atoms with Crippen LogP contribution in [0.25, 0.3) is 0 Å². The molecule has 2 atom stereocenters. The van der Waals surface area contributed by atoms with E-state index in [9.17, 15) is 0 Å². The standard InChI is InChI=1S/C9H20S2.C4H6N2.C3H4N2/c1-5-7(2)8(3)6-9(4,10)11;1-4(6)2-3-5;1-3(5)2-4/h7-8,10-11H,5-6H2,1-4H3;6H,2H2,1H3;5H,1H3. The van der Waals surface area contributed by atoms with Crippen molar-refractivity contribution in [3.8, 4) is 12.1 Å². The van der Waals surface area contributed by atoms with Crippen molar-refractivity contribution in [3.05, 3.63) is 0 Å². The van der Waals surface area contributed by atoms with E-state index >= 15 is 0 Å². The molecule has 0 aromatic carbocycles. The summed E-state index contributed by atoms with van der Waals surface area (Å²) in [5.74, 6) is 1.51. The molecule has 0 aliphatic heterocycles. The maximum absolute atomic E-state index is 7.85. The molecule has 2 N–H and O–H groups in total. The summed E-state index contributed by atoms with van der Waals surface area (Å²) in [6.45, 7) is 11.9. The molecule has 4 nitrogen and oxygen atoms in total. The first kappa shape index (κ1) is 25.9. The molecule has 0 saturated heterocycles. The number of rotatable bonds is 5. The second-order valence-electron chi connectivity index (χ2n) is 5.64. The van der Waals surface area contributed by atoms with Crippen LogP contribution in [0.3, 0.4) is 0 Å². The van der Waals surface area contributed by atoms with Crippen LogP contribution in [0, 0.1) is 45.3 Å². The highest BCUT2D eigenvalue weighted by Crippen LogP contribution is 2.31. The van der Waals surface area contributed by atoms with E-state index in [1.54, 1.807) is 13.0 Å². The highest BCUT2D eigenvalue weighted by molar-refractivity contribution is 8.00. The van der Waals surface area contributed by atoms with E-state index in [0.29, 0.717) is 5.71 Å². The molecule has 126 valence electrons. The third kappa shape index (κ3) is 27.4. The summed E-state index contributed by atoms with van der Waals surface area (Å²) in [6, 6.07) is 3.45. The maximum atomic E-state index is 7.85. The molecule has 0 aromatic heterocycles. The summed E-state index contributed by atoms with van der Waals surface area (Å²) in [6.07, 6.45) is 2.59. The van der Waals surface area contributed by atoms with Crippen LogP contribution in [0.2, 0.25) is 0 Å². The summed E-state index contributed by atoms with van der Waals surface area (Å²) in [5, 5.41) is 28.6. The van der Waals surface area contributed by atoms with Gasteiger partial charge in [-0.05, 0) is 39.0 Å². The molecule has 0 bridgehead atoms. The molecule has 22 heavy (non-hydrogen) atoms. The van der Waals surface area contributed by atoms with Crippen LogP contribution >= 0.6 is 25.3 Å². The van der Waals surface area contributed by atoms with Gasteiger partial charge in [0.05, 0.1) is 16.6 Å². The fourth-order valence-electron chi connectivity index (χ4n) is 1.33. The second kappa shape index (κ2) is 14.9. The summed E-state index contributed by atoms with van der Waals surface area (Å²) < 4.78 is -0.108. The summed E-state index contributed by atoms with van der Waals surface area (Å²) in [5.41, 5.74) is 0.488. The van der Waals surface area contributed by atoms with Crippen molar-refractivity contribution in [2.45, 2.75) is 64.9 Å². The zero-order valence-electron chi connectivity index (χ0n) is 14.6. The zero-order valence-corrected chi connectivity index (χ0v) is 16.4. The van der Waals surface area contributed by atoms with Crippen LogP contribution in [0.15, 0.2) is 0 Å². The lowest BCUT2D eigenvalue weighted by atomic mass is 9.90. The maximum Gasteiger partial charge on any atom is 0.114 e. The van der Waals surface area contributed by atoms with E-state index in [-0.39, 0.29) is 16.2 Å². The Balaban J connectivity index is -0.000000277. The average Bonchev–Trinajstić information content (AvgIpc) is 2.36. The largest absolute Gasteiger partial charge is 0.309 e. The van der Waals surface area contributed by atoms with Gasteiger partial charge in [0, 0.05) is 5.71 Å². The van der Waals surface area contributed by atoms with Gasteiger partial charge in [-0.3, -0.25) is 5.41 Å². The Labute approximate surface area is 147 Å². The van der Waals surface area contributed by atoms with Crippen LogP contribution in [0.4, 0.5) is 0 Å². The van der Waals surface area contributed by atoms with Gasteiger partial charge in [0.2, 0.25) is 0 Å². The number of nitrogens with one attached hydrogen (secondary N) is 2. The van der Waals surface area contributed by atoms with Gasteiger partial charge in [0.1, 0.15) is 11.8 Å². The number of hydrogen-bond acceptors (Lipinski definition) is 6. The minimum Gasteiger partial charge on any atom is -0.309 e. The van der Waals surface area contributed by atoms with Crippen molar-refractivity contribution in [3.63, 3.8) is 0 Å². The first-order valence-electron chi connectivity index (χ1n) is 7.22. The fraction of sp³-hybridized carbons (Fsp3) is 0.750. The Morgan fingerprint density at radius 2 is 1.55 bits per heavy atom. The molecule has 0 aliphatic rings. The SMILES string of the molecule is CC(=N)C#N.CC(=N)CC#N.CCC(C)C(C)CC(C)(S)S. The molecule has 0 spiro atoms. The number of nitriles is 2. The first-order chi connectivity index (χ1) is 9.91. The van der Waals surface area contributed by atoms with Crippen molar-refractivity contribution >= 4 is 36.7 Å². The van der Waals surface area contributed by atoms with Gasteiger partial charge in [-0.1, -0.05) is 27.2 Å². The van der Waals surface area contributed by atoms with Crippen LogP contribution in [-0.4, -0.2) is 15.5 Å². The quantitative estimate of drug-likeness (QED) is 0.317. The van der Waals surface area contributed by atoms with E-state index < -0.39 is 0 Å². The van der Waals surface area contributed by atoms with Crippen molar-refractivity contribution in [1.82, 2.24) is 0 Å². The molecule has 0 heterocycles. The Kier molecular flexibility index (Phi) is 17.6. The Hall–Kier alpha value is -0.980. The molecule has 0 aromatic rings. The van der Waals surface area contributed by atoms with Gasteiger partial charge in [0.15, 0.2) is 0 Å². The lowest BCUT2D eigenvalue weighted by Gasteiger charge is -2.25. The van der Waals surface area contributed by atoms with Gasteiger partial charge in [-0.25, -0.2) is 0 Å². The van der Waals surface area contributed by atoms with Gasteiger partial charge in [-0.15, -0.1) is 0 Å². The topological polar surface area (TPSA) is 95.3 Å². The van der Waals surface area contributed by atoms with Crippen molar-refractivity contribution in [2.75, 3.05) is 0 Å². The van der Waals surface area contributed by atoms with Crippen molar-refractivity contribution < 1.29 is 0 Å². The predicted octanol–water partition coefficient (Wildman–Crippen LogP) is 5.12. The third-order valence-electron chi connectivity index (χ3n) is 2.84. The van der Waals surface area contributed by atoms with E-state index in [1.165, 1.54) is 13.3 Å². The number of hydrogen-bond donors (Lipinski definition) is 4. The Morgan fingerprint density at radius 3 is 1.68 bits per heavy atom. The summed E-state index contributed by atoms with van der Waals surface area (Å²) in [4.78, 5) is 0. The highest BCUT2D eigenvalue weighted by Gasteiger charge is 2.20. The van der Waals surface area contributed by atoms with Crippen LogP contribution in [-0.2, 0) is 0 Å². The third-order valence-corrected chi connectivity index (χ3v) is 3.20. The Morgan fingerprint density at radius 1 is 1.14 bits per heavy atom. The van der Waals surface area contributed by atoms with Crippen LogP contribution in [0.5, 0.6) is 0 Å². The van der Waals surface area contributed by atoms with Gasteiger partial charge < -0.3 is 5.41 Å². The minimum absolute atomic E-state index is 0.0602. The molecule has 2 unspecified atom stereocenters. The molecule has 6 heteroatoms. The lowest BCUT2D eigenvalue weighted by Crippen LogP contribution is -2.17. The molecular formula is C16H30N4S2. The molecule has 0 rings (SSSR count).